The van der Waals surface area contributed by atoms with E-state index in [0.29, 0.717) is 11.6 Å². The second kappa shape index (κ2) is 11.7. The minimum Gasteiger partial charge on any atom is -0.455 e. The van der Waals surface area contributed by atoms with Gasteiger partial charge >= 0.3 is 10.1 Å². The van der Waals surface area contributed by atoms with Crippen molar-refractivity contribution in [1.29, 1.82) is 0 Å². The van der Waals surface area contributed by atoms with Crippen molar-refractivity contribution in [2.45, 2.75) is 0 Å². The second-order valence-corrected chi connectivity index (χ2v) is 14.4. The van der Waals surface area contributed by atoms with Crippen LogP contribution in [0, 0.1) is 17.5 Å². The van der Waals surface area contributed by atoms with E-state index in [4.69, 9.17) is 13.0 Å². The van der Waals surface area contributed by atoms with Gasteiger partial charge in [0.2, 0.25) is 15.9 Å². The molecule has 0 aliphatic heterocycles. The van der Waals surface area contributed by atoms with Crippen LogP contribution in [0.4, 0.5) is 18.9 Å². The van der Waals surface area contributed by atoms with Crippen molar-refractivity contribution >= 4 is 53.8 Å². The molecule has 0 saturated heterocycles. The van der Waals surface area contributed by atoms with Gasteiger partial charge in [-0.3, -0.25) is 9.10 Å². The molecule has 0 bridgehead atoms. The average molecular weight is 700 g/mol. The number of hydrogen-bond acceptors (Lipinski definition) is 9. The first-order valence-corrected chi connectivity index (χ1v) is 17.5. The first-order chi connectivity index (χ1) is 22.5. The standard InChI is InChI=1S/C32H24F3N3O8S2/c1-36-31(39)28-23-14-22(25(38(2)47(3,40)41)15-26(23)44-30(28)16-5-7-19(33)8-6-16)17-9-18(11-21(10-17)46-48(4,42)43)32-37-29-24(35)12-20(34)13-27(29)45-32/h5-15H,1-4H3,(H,36,39). The Kier molecular flexibility index (Phi) is 7.95. The van der Waals surface area contributed by atoms with Gasteiger partial charge in [0.15, 0.2) is 11.4 Å². The van der Waals surface area contributed by atoms with Gasteiger partial charge in [0.05, 0.1) is 23.8 Å². The van der Waals surface area contributed by atoms with E-state index in [1.54, 1.807) is 0 Å². The summed E-state index contributed by atoms with van der Waals surface area (Å²) in [5.74, 6) is -3.41. The Bertz CT molecular complexity index is 2490. The van der Waals surface area contributed by atoms with Crippen molar-refractivity contribution in [3.63, 3.8) is 0 Å². The monoisotopic (exact) mass is 699 g/mol. The van der Waals surface area contributed by atoms with Crippen LogP contribution in [0.25, 0.3) is 56.0 Å². The second-order valence-electron chi connectivity index (χ2n) is 10.8. The predicted octanol–water partition coefficient (Wildman–Crippen LogP) is 6.09. The average Bonchev–Trinajstić information content (AvgIpc) is 3.60. The number of oxazole rings is 1. The van der Waals surface area contributed by atoms with Crippen molar-refractivity contribution in [2.24, 2.45) is 0 Å². The fraction of sp³-hybridized carbons (Fsp3) is 0.125. The summed E-state index contributed by atoms with van der Waals surface area (Å²) >= 11 is 0. The topological polar surface area (TPSA) is 149 Å². The van der Waals surface area contributed by atoms with Gasteiger partial charge in [-0.25, -0.2) is 26.6 Å². The Balaban J connectivity index is 1.67. The van der Waals surface area contributed by atoms with Crippen LogP contribution in [0.1, 0.15) is 10.4 Å². The number of carbonyl (C=O) groups is 1. The van der Waals surface area contributed by atoms with Crippen LogP contribution in [0.2, 0.25) is 0 Å². The number of rotatable bonds is 8. The van der Waals surface area contributed by atoms with E-state index in [1.165, 1.54) is 68.7 Å². The zero-order chi connectivity index (χ0) is 34.7. The molecule has 2 heterocycles. The Morgan fingerprint density at radius 3 is 2.17 bits per heavy atom. The molecule has 6 rings (SSSR count). The largest absolute Gasteiger partial charge is 0.455 e. The SMILES string of the molecule is CNC(=O)c1c(-c2ccc(F)cc2)oc2cc(N(C)S(C)(=O)=O)c(-c3cc(OS(C)(=O)=O)cc(-c4nc5c(F)cc(F)cc5o4)c3)cc12. The van der Waals surface area contributed by atoms with E-state index in [9.17, 15) is 34.8 Å². The van der Waals surface area contributed by atoms with Gasteiger partial charge in [0.25, 0.3) is 5.91 Å². The molecular formula is C32H24F3N3O8S2. The Morgan fingerprint density at radius 2 is 1.52 bits per heavy atom. The Labute approximate surface area is 271 Å². The zero-order valence-electron chi connectivity index (χ0n) is 25.5. The maximum absolute atomic E-state index is 14.5. The summed E-state index contributed by atoms with van der Waals surface area (Å²) in [6.07, 6.45) is 1.77. The highest BCUT2D eigenvalue weighted by Gasteiger charge is 2.27. The van der Waals surface area contributed by atoms with Crippen molar-refractivity contribution in [2.75, 3.05) is 30.9 Å². The quantitative estimate of drug-likeness (QED) is 0.186. The summed E-state index contributed by atoms with van der Waals surface area (Å²) in [5.41, 5.74) is 0.401. The molecule has 16 heteroatoms. The number of nitrogens with zero attached hydrogens (tertiary/aromatic N) is 2. The van der Waals surface area contributed by atoms with Crippen molar-refractivity contribution < 1.29 is 47.8 Å². The molecule has 6 aromatic rings. The fourth-order valence-electron chi connectivity index (χ4n) is 5.14. The van der Waals surface area contributed by atoms with E-state index >= 15 is 0 Å². The summed E-state index contributed by atoms with van der Waals surface area (Å²) in [6, 6.07) is 13.6. The summed E-state index contributed by atoms with van der Waals surface area (Å²) in [7, 11) is -5.36. The molecule has 0 unspecified atom stereocenters. The molecule has 48 heavy (non-hydrogen) atoms. The molecule has 1 amide bonds. The van der Waals surface area contributed by atoms with Gasteiger partial charge in [0, 0.05) is 54.4 Å². The van der Waals surface area contributed by atoms with E-state index in [-0.39, 0.29) is 67.4 Å². The number of nitrogens with one attached hydrogen (secondary N) is 1. The lowest BCUT2D eigenvalue weighted by Gasteiger charge is -2.21. The number of carbonyl (C=O) groups excluding carboxylic acids is 1. The molecule has 2 aromatic heterocycles. The van der Waals surface area contributed by atoms with E-state index in [1.807, 2.05) is 0 Å². The van der Waals surface area contributed by atoms with E-state index < -0.39 is 43.5 Å². The summed E-state index contributed by atoms with van der Waals surface area (Å²) in [5, 5.41) is 2.77. The third-order valence-electron chi connectivity index (χ3n) is 7.33. The molecule has 0 spiro atoms. The Morgan fingerprint density at radius 1 is 0.833 bits per heavy atom. The molecule has 1 N–H and O–H groups in total. The zero-order valence-corrected chi connectivity index (χ0v) is 27.1. The third-order valence-corrected chi connectivity index (χ3v) is 9.02. The Hall–Kier alpha value is -5.35. The number of halogens is 3. The minimum atomic E-state index is -4.11. The van der Waals surface area contributed by atoms with Gasteiger partial charge < -0.3 is 18.3 Å². The van der Waals surface area contributed by atoms with E-state index in [2.05, 4.69) is 10.3 Å². The van der Waals surface area contributed by atoms with Crippen LogP contribution in [0.5, 0.6) is 5.75 Å². The van der Waals surface area contributed by atoms with Crippen LogP contribution in [0.15, 0.2) is 75.6 Å². The fourth-order valence-corrected chi connectivity index (χ4v) is 6.09. The predicted molar refractivity (Wildman–Crippen MR) is 172 cm³/mol. The smallest absolute Gasteiger partial charge is 0.306 e. The maximum Gasteiger partial charge on any atom is 0.306 e. The van der Waals surface area contributed by atoms with E-state index in [0.717, 1.165) is 22.9 Å². The number of aromatic nitrogens is 1. The molecule has 0 atom stereocenters. The summed E-state index contributed by atoms with van der Waals surface area (Å²) in [6.45, 7) is 0. The molecule has 0 fully saturated rings. The van der Waals surface area contributed by atoms with Crippen molar-refractivity contribution in [3.05, 3.63) is 89.7 Å². The number of sulfonamides is 1. The maximum atomic E-state index is 14.5. The molecular weight excluding hydrogens is 675 g/mol. The highest BCUT2D eigenvalue weighted by atomic mass is 32.2. The molecule has 11 nitrogen and oxygen atoms in total. The normalized spacial score (nSPS) is 12.1. The van der Waals surface area contributed by atoms with Gasteiger partial charge in [-0.2, -0.15) is 8.42 Å². The van der Waals surface area contributed by atoms with Crippen molar-refractivity contribution in [3.8, 4) is 39.7 Å². The minimum absolute atomic E-state index is 0.0426. The highest BCUT2D eigenvalue weighted by molar-refractivity contribution is 7.92. The van der Waals surface area contributed by atoms with Gasteiger partial charge in [0.1, 0.15) is 34.2 Å². The van der Waals surface area contributed by atoms with Crippen LogP contribution < -0.4 is 13.8 Å². The lowest BCUT2D eigenvalue weighted by molar-refractivity contribution is 0.0964. The molecule has 0 radical (unpaired) electrons. The number of furan rings is 1. The van der Waals surface area contributed by atoms with Crippen LogP contribution in [-0.4, -0.2) is 54.3 Å². The number of anilines is 1. The van der Waals surface area contributed by atoms with Gasteiger partial charge in [-0.15, -0.1) is 0 Å². The molecule has 0 aliphatic carbocycles. The van der Waals surface area contributed by atoms with Crippen LogP contribution in [0.3, 0.4) is 0 Å². The summed E-state index contributed by atoms with van der Waals surface area (Å²) < 4.78 is 110. The first-order valence-electron chi connectivity index (χ1n) is 13.9. The highest BCUT2D eigenvalue weighted by Crippen LogP contribution is 2.43. The lowest BCUT2D eigenvalue weighted by atomic mass is 9.97. The molecule has 4 aromatic carbocycles. The number of amides is 1. The van der Waals surface area contributed by atoms with Crippen molar-refractivity contribution in [1.82, 2.24) is 10.3 Å². The number of fused-ring (bicyclic) bond motifs is 2. The van der Waals surface area contributed by atoms with Gasteiger partial charge in [-0.05, 0) is 54.1 Å². The number of hydrogen-bond donors (Lipinski definition) is 1. The third kappa shape index (κ3) is 6.18. The molecule has 0 aliphatic rings. The molecule has 0 saturated carbocycles. The number of benzene rings is 4. The summed E-state index contributed by atoms with van der Waals surface area (Å²) in [4.78, 5) is 17.4. The van der Waals surface area contributed by atoms with Crippen LogP contribution in [-0.2, 0) is 20.1 Å². The first kappa shape index (κ1) is 32.6. The molecule has 248 valence electrons. The van der Waals surface area contributed by atoms with Gasteiger partial charge in [-0.1, -0.05) is 0 Å². The van der Waals surface area contributed by atoms with Crippen LogP contribution >= 0.6 is 0 Å². The lowest BCUT2D eigenvalue weighted by Crippen LogP contribution is -2.25.